The molecule has 40 heteroatoms. The molecule has 5 rings (SSSR count). The molecule has 4 aromatic rings. The van der Waals surface area contributed by atoms with E-state index < -0.39 is 171 Å². The molecule has 11 amide bonds. The number of aromatic amines is 1. The largest absolute Gasteiger partial charge is 0.480 e. The average molecular weight is 1540 g/mol. The van der Waals surface area contributed by atoms with Gasteiger partial charge in [0.05, 0.1) is 50.6 Å². The van der Waals surface area contributed by atoms with E-state index in [0.29, 0.717) is 27.9 Å². The average Bonchev–Trinajstić information content (AvgIpc) is 1.64. The number of nitrogens with zero attached hydrogens (tertiary/aromatic N) is 6. The number of aromatic nitrogens is 3. The zero-order valence-corrected chi connectivity index (χ0v) is 62.3. The van der Waals surface area contributed by atoms with Gasteiger partial charge in [-0.1, -0.05) is 45.9 Å². The molecule has 0 unspecified atom stereocenters. The van der Waals surface area contributed by atoms with E-state index in [-0.39, 0.29) is 115 Å². The van der Waals surface area contributed by atoms with Crippen molar-refractivity contribution in [1.82, 2.24) is 76.7 Å². The zero-order valence-electron chi connectivity index (χ0n) is 60.6. The third-order valence-electron chi connectivity index (χ3n) is 17.0. The summed E-state index contributed by atoms with van der Waals surface area (Å²) in [4.78, 5) is 218. The normalized spacial score (nSPS) is 15.7. The van der Waals surface area contributed by atoms with Crippen LogP contribution in [0.3, 0.4) is 0 Å². The molecular weight excluding hydrogens is 1440 g/mol. The van der Waals surface area contributed by atoms with E-state index >= 15 is 0 Å². The highest BCUT2D eigenvalue weighted by atomic mass is 32.2. The monoisotopic (exact) mass is 1540 g/mol. The van der Waals surface area contributed by atoms with Crippen molar-refractivity contribution in [1.29, 1.82) is 0 Å². The maximum Gasteiger partial charge on any atom is 0.339 e. The second-order valence-electron chi connectivity index (χ2n) is 26.7. The third kappa shape index (κ3) is 30.9. The Morgan fingerprint density at radius 1 is 0.617 bits per heavy atom. The van der Waals surface area contributed by atoms with Crippen molar-refractivity contribution < 1.29 is 91.7 Å². The maximum atomic E-state index is 14.6. The molecule has 38 nitrogen and oxygen atoms in total. The molecule has 2 aromatic carbocycles. The molecule has 1 aliphatic rings. The highest BCUT2D eigenvalue weighted by Crippen LogP contribution is 2.35. The SMILES string of the molecule is CSCC[C@H](NC(=O)[C@H](CC(C)C)NC(=O)[C@H](Cc1cnc[nH]1)NC(=O)CNC(=O)[C@@H](NC(=O)[C@H](C)NC(=O)[C@H](Cc1cn(C(=O)[C@@H](N)CCC(N)=O)c2ccccc12)NC(=O)c1ccc(NC(=O)CNC(=O)CN2CCN(CC(=O)O)CCN(CP(=O)(O)O)CCN(CC(=O)O)CC2)cc1)C(C)C)C(N)=O. The van der Waals surface area contributed by atoms with Gasteiger partial charge in [0.2, 0.25) is 65.0 Å². The summed E-state index contributed by atoms with van der Waals surface area (Å²) in [5.41, 5.74) is 18.4. The van der Waals surface area contributed by atoms with Gasteiger partial charge in [-0.15, -0.1) is 0 Å². The number of benzene rings is 2. The van der Waals surface area contributed by atoms with Crippen LogP contribution in [0.2, 0.25) is 0 Å². The Morgan fingerprint density at radius 2 is 1.18 bits per heavy atom. The first-order valence-corrected chi connectivity index (χ1v) is 37.7. The van der Waals surface area contributed by atoms with Crippen LogP contribution < -0.4 is 65.1 Å². The van der Waals surface area contributed by atoms with Crippen LogP contribution in [0.4, 0.5) is 5.69 Å². The molecule has 20 N–H and O–H groups in total. The highest BCUT2D eigenvalue weighted by Gasteiger charge is 2.34. The van der Waals surface area contributed by atoms with E-state index in [2.05, 4.69) is 57.8 Å². The quantitative estimate of drug-likeness (QED) is 0.0190. The van der Waals surface area contributed by atoms with Gasteiger partial charge in [0.25, 0.3) is 5.91 Å². The predicted molar refractivity (Wildman–Crippen MR) is 392 cm³/mol. The first-order valence-electron chi connectivity index (χ1n) is 34.6. The van der Waals surface area contributed by atoms with Gasteiger partial charge in [0.1, 0.15) is 42.5 Å². The zero-order chi connectivity index (χ0) is 79.2. The minimum atomic E-state index is -4.53. The van der Waals surface area contributed by atoms with Gasteiger partial charge < -0.3 is 90.0 Å². The first-order chi connectivity index (χ1) is 50.5. The number of H-pyrrole nitrogens is 1. The molecule has 107 heavy (non-hydrogen) atoms. The van der Waals surface area contributed by atoms with Crippen LogP contribution in [0.25, 0.3) is 10.9 Å². The number of nitrogens with two attached hydrogens (primary N) is 3. The van der Waals surface area contributed by atoms with Crippen molar-refractivity contribution in [3.05, 3.63) is 84.1 Å². The van der Waals surface area contributed by atoms with E-state index in [1.165, 1.54) is 80.9 Å². The van der Waals surface area contributed by atoms with E-state index in [0.717, 1.165) is 0 Å². The van der Waals surface area contributed by atoms with E-state index in [1.807, 2.05) is 20.1 Å². The number of fused-ring (bicyclic) bond motifs is 1. The fourth-order valence-corrected chi connectivity index (χ4v) is 12.6. The molecule has 0 bridgehead atoms. The summed E-state index contributed by atoms with van der Waals surface area (Å²) in [6.07, 6.45) is 5.07. The number of carbonyl (C=O) groups is 14. The Morgan fingerprint density at radius 3 is 1.73 bits per heavy atom. The lowest BCUT2D eigenvalue weighted by Crippen LogP contribution is -2.59. The van der Waals surface area contributed by atoms with E-state index in [9.17, 15) is 91.7 Å². The lowest BCUT2D eigenvalue weighted by Gasteiger charge is -2.33. The smallest absolute Gasteiger partial charge is 0.339 e. The lowest BCUT2D eigenvalue weighted by atomic mass is 10.0. The minimum Gasteiger partial charge on any atom is -0.480 e. The summed E-state index contributed by atoms with van der Waals surface area (Å²) in [7, 11) is -4.53. The Labute approximate surface area is 621 Å². The summed E-state index contributed by atoms with van der Waals surface area (Å²) in [5, 5.41) is 43.1. The Kier molecular flexibility index (Phi) is 35.5. The van der Waals surface area contributed by atoms with Crippen molar-refractivity contribution >= 4 is 119 Å². The molecule has 2 aromatic heterocycles. The van der Waals surface area contributed by atoms with Crippen molar-refractivity contribution in [2.45, 2.75) is 115 Å². The number of carboxylic acids is 2. The van der Waals surface area contributed by atoms with E-state index in [4.69, 9.17) is 17.2 Å². The number of aliphatic carboxylic acids is 2. The Balaban J connectivity index is 1.28. The van der Waals surface area contributed by atoms with Crippen LogP contribution >= 0.6 is 19.4 Å². The standard InChI is InChI=1S/C67H100N19O19PS/c1-39(2)27-49(64(99)78-48(60(70)95)17-26-107-6)80-65(100)51(29-45-30-71-37-74-45)77-55(89)32-73-66(101)59(40(3)4)81-61(96)41(5)75-63(98)50(28-43-33-86(52-10-8-7-9-46(43)52)67(102)47(68)15-16-53(69)87)79-62(97)42-11-13-44(14-12-42)76-54(88)31-72-56(90)34-82-18-20-83(35-57(91)92)22-24-85(38-106(103,104)105)25-23-84(21-19-82)36-58(93)94/h7-14,30,33,37,39-41,47-51,59H,15-29,31-32,34-36,38,68H2,1-6H3,(H2,69,87)(H2,70,95)(H,71,74)(H,72,90)(H,73,101)(H,75,98)(H,76,88)(H,77,89)(H,78,99)(H,79,97)(H,80,100)(H,81,96)(H,91,92)(H,93,94)(H2,103,104,105)/t41-,47-,48-,49-,50-,51-,59-/m0/s1. The van der Waals surface area contributed by atoms with Crippen molar-refractivity contribution in [3.8, 4) is 0 Å². The molecule has 0 saturated carbocycles. The van der Waals surface area contributed by atoms with Gasteiger partial charge in [0.15, 0.2) is 0 Å². The number of hydrogen-bond acceptors (Lipinski definition) is 22. The van der Waals surface area contributed by atoms with Crippen molar-refractivity contribution in [3.63, 3.8) is 0 Å². The van der Waals surface area contributed by atoms with E-state index in [1.54, 1.807) is 43.0 Å². The number of carbonyl (C=O) groups excluding carboxylic acids is 12. The minimum absolute atomic E-state index is 0.0318. The van der Waals surface area contributed by atoms with Crippen LogP contribution in [0, 0.1) is 11.8 Å². The summed E-state index contributed by atoms with van der Waals surface area (Å²) in [6.45, 7) is 6.46. The number of amides is 11. The Bertz CT molecular complexity index is 3770. The third-order valence-corrected chi connectivity index (χ3v) is 18.4. The van der Waals surface area contributed by atoms with Gasteiger partial charge in [-0.2, -0.15) is 11.8 Å². The second kappa shape index (κ2) is 43.2. The number of hydrogen-bond donors (Lipinski definition) is 17. The molecule has 1 aliphatic heterocycles. The highest BCUT2D eigenvalue weighted by molar-refractivity contribution is 7.98. The fraction of sp³-hybridized carbons (Fsp3) is 0.537. The molecule has 7 atom stereocenters. The predicted octanol–water partition coefficient (Wildman–Crippen LogP) is -3.74. The summed E-state index contributed by atoms with van der Waals surface area (Å²) >= 11 is 1.45. The summed E-state index contributed by atoms with van der Waals surface area (Å²) in [6, 6.07) is 3.02. The molecule has 3 heterocycles. The van der Waals surface area contributed by atoms with Crippen LogP contribution in [-0.2, 0) is 74.9 Å². The summed E-state index contributed by atoms with van der Waals surface area (Å²) in [5.74, 6) is -11.7. The lowest BCUT2D eigenvalue weighted by molar-refractivity contribution is -0.139. The van der Waals surface area contributed by atoms with Crippen molar-refractivity contribution in [2.24, 2.45) is 29.0 Å². The molecule has 0 aliphatic carbocycles. The molecular formula is C67H100N19O19PS. The van der Waals surface area contributed by atoms with Gasteiger partial charge in [-0.3, -0.25) is 95.9 Å². The number of anilines is 1. The topological polar surface area (TPSA) is 570 Å². The molecule has 588 valence electrons. The molecule has 0 spiro atoms. The number of imidazole rings is 1. The molecule has 1 fully saturated rings. The van der Waals surface area contributed by atoms with Gasteiger partial charge in [-0.25, -0.2) is 4.98 Å². The first kappa shape index (κ1) is 87.9. The van der Waals surface area contributed by atoms with Gasteiger partial charge in [-0.05, 0) is 85.9 Å². The number of carboxylic acid groups (broad SMARTS) is 2. The van der Waals surface area contributed by atoms with Crippen molar-refractivity contribution in [2.75, 3.05) is 109 Å². The van der Waals surface area contributed by atoms with Crippen LogP contribution in [-0.4, -0.2) is 283 Å². The number of thioether (sulfide) groups is 1. The number of nitrogens with one attached hydrogen (secondary N) is 10. The van der Waals surface area contributed by atoms with Gasteiger partial charge in [0, 0.05) is 106 Å². The number of para-hydroxylation sites is 1. The Hall–Kier alpha value is -9.73. The van der Waals surface area contributed by atoms with Crippen LogP contribution in [0.5, 0.6) is 0 Å². The van der Waals surface area contributed by atoms with Crippen LogP contribution in [0.1, 0.15) is 86.7 Å². The fourth-order valence-electron chi connectivity index (χ4n) is 11.4. The number of primary amides is 2. The molecule has 1 saturated heterocycles. The second-order valence-corrected chi connectivity index (χ2v) is 29.3. The molecule has 0 radical (unpaired) electrons. The number of rotatable bonds is 40. The summed E-state index contributed by atoms with van der Waals surface area (Å²) < 4.78 is 13.2. The van der Waals surface area contributed by atoms with Gasteiger partial charge >= 0.3 is 19.5 Å². The maximum absolute atomic E-state index is 14.6. The van der Waals surface area contributed by atoms with Crippen LogP contribution in [0.15, 0.2) is 67.3 Å².